The van der Waals surface area contributed by atoms with Gasteiger partial charge in [0, 0.05) is 17.2 Å². The van der Waals surface area contributed by atoms with E-state index in [9.17, 15) is 23.3 Å². The first-order valence-electron chi connectivity index (χ1n) is 7.28. The Morgan fingerprint density at radius 1 is 1.24 bits per heavy atom. The normalized spacial score (nSPS) is 12.4. The number of amides is 1. The van der Waals surface area contributed by atoms with Gasteiger partial charge < -0.3 is 5.32 Å². The molecule has 0 aromatic heterocycles. The number of nitro benzene ring substituents is 1. The maximum atomic E-state index is 12.3. The number of primary sulfonamides is 1. The van der Waals surface area contributed by atoms with Gasteiger partial charge in [0.05, 0.1) is 15.9 Å². The Bertz CT molecular complexity index is 941. The minimum absolute atomic E-state index is 0.0442. The molecule has 0 heterocycles. The van der Waals surface area contributed by atoms with Gasteiger partial charge in [-0.15, -0.1) is 0 Å². The van der Waals surface area contributed by atoms with Crippen molar-refractivity contribution in [2.24, 2.45) is 5.14 Å². The summed E-state index contributed by atoms with van der Waals surface area (Å²) in [6.45, 7) is 3.24. The summed E-state index contributed by atoms with van der Waals surface area (Å²) in [7, 11) is -3.83. The van der Waals surface area contributed by atoms with Gasteiger partial charge in [-0.25, -0.2) is 13.6 Å². The third kappa shape index (κ3) is 4.40. The lowest BCUT2D eigenvalue weighted by Gasteiger charge is -2.15. The molecule has 1 atom stereocenters. The number of nitro groups is 1. The molecule has 0 fully saturated rings. The average Bonchev–Trinajstić information content (AvgIpc) is 2.53. The van der Waals surface area contributed by atoms with Crippen LogP contribution in [-0.4, -0.2) is 19.2 Å². The molecule has 0 radical (unpaired) electrons. The molecule has 2 aromatic rings. The third-order valence-corrected chi connectivity index (χ3v) is 4.60. The van der Waals surface area contributed by atoms with Gasteiger partial charge in [0.1, 0.15) is 0 Å². The van der Waals surface area contributed by atoms with Gasteiger partial charge in [0.2, 0.25) is 10.0 Å². The predicted molar refractivity (Wildman–Crippen MR) is 91.5 cm³/mol. The van der Waals surface area contributed by atoms with Crippen molar-refractivity contribution in [1.82, 2.24) is 5.32 Å². The van der Waals surface area contributed by atoms with Crippen LogP contribution in [-0.2, 0) is 10.0 Å². The molecule has 0 aliphatic carbocycles. The van der Waals surface area contributed by atoms with Crippen molar-refractivity contribution < 1.29 is 18.1 Å². The number of nitrogens with two attached hydrogens (primary N) is 1. The van der Waals surface area contributed by atoms with Crippen molar-refractivity contribution in [2.75, 3.05) is 0 Å². The van der Waals surface area contributed by atoms with E-state index in [1.165, 1.54) is 36.4 Å². The van der Waals surface area contributed by atoms with E-state index < -0.39 is 26.9 Å². The molecule has 0 aliphatic heterocycles. The number of benzene rings is 2. The lowest BCUT2D eigenvalue weighted by atomic mass is 10.1. The van der Waals surface area contributed by atoms with Crippen LogP contribution in [0.25, 0.3) is 0 Å². The number of rotatable bonds is 5. The first kappa shape index (κ1) is 18.6. The molecule has 8 nitrogen and oxygen atoms in total. The van der Waals surface area contributed by atoms with Crippen LogP contribution < -0.4 is 10.5 Å². The molecule has 25 heavy (non-hydrogen) atoms. The highest BCUT2D eigenvalue weighted by Gasteiger charge is 2.17. The van der Waals surface area contributed by atoms with E-state index in [2.05, 4.69) is 5.32 Å². The molecule has 0 bridgehead atoms. The van der Waals surface area contributed by atoms with Crippen LogP contribution in [0.2, 0.25) is 0 Å². The minimum atomic E-state index is -3.83. The first-order chi connectivity index (χ1) is 11.6. The van der Waals surface area contributed by atoms with E-state index in [4.69, 9.17) is 5.14 Å². The summed E-state index contributed by atoms with van der Waals surface area (Å²) >= 11 is 0. The smallest absolute Gasteiger partial charge is 0.272 e. The summed E-state index contributed by atoms with van der Waals surface area (Å²) in [5, 5.41) is 18.7. The highest BCUT2D eigenvalue weighted by molar-refractivity contribution is 7.89. The molecule has 1 unspecified atom stereocenters. The summed E-state index contributed by atoms with van der Waals surface area (Å²) in [6, 6.07) is 9.55. The molecule has 0 saturated carbocycles. The molecule has 3 N–H and O–H groups in total. The van der Waals surface area contributed by atoms with E-state index in [0.29, 0.717) is 11.1 Å². The Labute approximate surface area is 144 Å². The Kier molecular flexibility index (Phi) is 5.19. The van der Waals surface area contributed by atoms with E-state index >= 15 is 0 Å². The van der Waals surface area contributed by atoms with Gasteiger partial charge in [0.15, 0.2) is 0 Å². The van der Waals surface area contributed by atoms with E-state index in [1.54, 1.807) is 19.9 Å². The molecule has 0 saturated heterocycles. The second kappa shape index (κ2) is 6.99. The fourth-order valence-corrected chi connectivity index (χ4v) is 2.89. The van der Waals surface area contributed by atoms with Crippen molar-refractivity contribution in [2.45, 2.75) is 24.8 Å². The van der Waals surface area contributed by atoms with E-state index in [1.807, 2.05) is 0 Å². The Morgan fingerprint density at radius 3 is 2.48 bits per heavy atom. The maximum Gasteiger partial charge on any atom is 0.272 e. The molecule has 0 aliphatic rings. The first-order valence-corrected chi connectivity index (χ1v) is 8.83. The van der Waals surface area contributed by atoms with Crippen molar-refractivity contribution in [1.29, 1.82) is 0 Å². The van der Waals surface area contributed by atoms with E-state index in [-0.39, 0.29) is 16.1 Å². The van der Waals surface area contributed by atoms with Gasteiger partial charge >= 0.3 is 0 Å². The molecule has 9 heteroatoms. The summed E-state index contributed by atoms with van der Waals surface area (Å²) < 4.78 is 22.8. The molecule has 2 rings (SSSR count). The van der Waals surface area contributed by atoms with E-state index in [0.717, 1.165) is 0 Å². The van der Waals surface area contributed by atoms with Crippen LogP contribution in [0.15, 0.2) is 47.4 Å². The van der Waals surface area contributed by atoms with Crippen LogP contribution in [0, 0.1) is 17.0 Å². The van der Waals surface area contributed by atoms with Crippen LogP contribution in [0.5, 0.6) is 0 Å². The summed E-state index contributed by atoms with van der Waals surface area (Å²) in [5.74, 6) is -0.425. The zero-order valence-corrected chi connectivity index (χ0v) is 14.4. The van der Waals surface area contributed by atoms with Gasteiger partial charge in [-0.05, 0) is 43.7 Å². The standard InChI is InChI=1S/C16H17N3O5S/c1-10-8-13(6-7-15(10)19(21)22)16(20)18-11(2)12-4-3-5-14(9-12)25(17,23)24/h3-9,11H,1-2H3,(H,18,20)(H2,17,23,24). The fraction of sp³-hybridized carbons (Fsp3) is 0.188. The molecule has 1 amide bonds. The lowest BCUT2D eigenvalue weighted by Crippen LogP contribution is -2.27. The topological polar surface area (TPSA) is 132 Å². The number of hydrogen-bond donors (Lipinski definition) is 2. The molecule has 2 aromatic carbocycles. The summed E-state index contributed by atoms with van der Waals surface area (Å²) in [5.41, 5.74) is 1.16. The number of hydrogen-bond acceptors (Lipinski definition) is 5. The van der Waals surface area contributed by atoms with Crippen LogP contribution in [0.3, 0.4) is 0 Å². The number of carbonyl (C=O) groups is 1. The average molecular weight is 363 g/mol. The zero-order valence-electron chi connectivity index (χ0n) is 13.6. The van der Waals surface area contributed by atoms with Crippen molar-refractivity contribution >= 4 is 21.6 Å². The highest BCUT2D eigenvalue weighted by atomic mass is 32.2. The quantitative estimate of drug-likeness (QED) is 0.619. The van der Waals surface area contributed by atoms with Crippen molar-refractivity contribution in [3.8, 4) is 0 Å². The van der Waals surface area contributed by atoms with Gasteiger partial charge in [-0.2, -0.15) is 0 Å². The molecular weight excluding hydrogens is 346 g/mol. The number of nitrogens with one attached hydrogen (secondary N) is 1. The largest absolute Gasteiger partial charge is 0.346 e. The molecule has 132 valence electrons. The van der Waals surface area contributed by atoms with Crippen LogP contribution in [0.1, 0.15) is 34.5 Å². The predicted octanol–water partition coefficient (Wildman–Crippen LogP) is 2.04. The number of nitrogens with zero attached hydrogens (tertiary/aromatic N) is 1. The lowest BCUT2D eigenvalue weighted by molar-refractivity contribution is -0.385. The number of aryl methyl sites for hydroxylation is 1. The van der Waals surface area contributed by atoms with Gasteiger partial charge in [0.25, 0.3) is 11.6 Å². The molecule has 0 spiro atoms. The monoisotopic (exact) mass is 363 g/mol. The van der Waals surface area contributed by atoms with Crippen LogP contribution >= 0.6 is 0 Å². The van der Waals surface area contributed by atoms with Crippen LogP contribution in [0.4, 0.5) is 5.69 Å². The second-order valence-electron chi connectivity index (χ2n) is 5.57. The second-order valence-corrected chi connectivity index (χ2v) is 7.13. The maximum absolute atomic E-state index is 12.3. The Hall–Kier alpha value is -2.78. The van der Waals surface area contributed by atoms with Gasteiger partial charge in [-0.3, -0.25) is 14.9 Å². The third-order valence-electron chi connectivity index (χ3n) is 3.69. The fourth-order valence-electron chi connectivity index (χ4n) is 2.33. The summed E-state index contributed by atoms with van der Waals surface area (Å²) in [6.07, 6.45) is 0. The van der Waals surface area contributed by atoms with Gasteiger partial charge in [-0.1, -0.05) is 12.1 Å². The van der Waals surface area contributed by atoms with Crippen molar-refractivity contribution in [3.05, 3.63) is 69.3 Å². The minimum Gasteiger partial charge on any atom is -0.346 e. The SMILES string of the molecule is Cc1cc(C(=O)NC(C)c2cccc(S(N)(=O)=O)c2)ccc1[N+](=O)[O-]. The zero-order chi connectivity index (χ0) is 18.8. The molecular formula is C16H17N3O5S. The Morgan fingerprint density at radius 2 is 1.92 bits per heavy atom. The summed E-state index contributed by atoms with van der Waals surface area (Å²) in [4.78, 5) is 22.6. The highest BCUT2D eigenvalue weighted by Crippen LogP contribution is 2.20. The van der Waals surface area contributed by atoms with Crippen molar-refractivity contribution in [3.63, 3.8) is 0 Å². The number of sulfonamides is 1. The number of carbonyl (C=O) groups excluding carboxylic acids is 1. The Balaban J connectivity index is 2.21.